The number of aryl methyl sites for hydroxylation is 2. The minimum atomic E-state index is -0.0777. The summed E-state index contributed by atoms with van der Waals surface area (Å²) in [4.78, 5) is 6.89. The largest absolute Gasteiger partial charge is 0.351 e. The number of anilines is 1. The van der Waals surface area contributed by atoms with Crippen LogP contribution in [0.3, 0.4) is 0 Å². The van der Waals surface area contributed by atoms with Gasteiger partial charge in [-0.05, 0) is 91.8 Å². The van der Waals surface area contributed by atoms with Gasteiger partial charge in [-0.25, -0.2) is 0 Å². The molecule has 2 aromatic heterocycles. The summed E-state index contributed by atoms with van der Waals surface area (Å²) in [5.74, 6) is 0. The number of aromatic nitrogens is 2. The third kappa shape index (κ3) is 3.74. The van der Waals surface area contributed by atoms with Crippen LogP contribution >= 0.6 is 28.1 Å². The van der Waals surface area contributed by atoms with E-state index in [1.807, 2.05) is 24.4 Å². The van der Waals surface area contributed by atoms with Crippen molar-refractivity contribution in [3.05, 3.63) is 112 Å². The fraction of sp³-hybridized carbons (Fsp3) is 0.154. The van der Waals surface area contributed by atoms with Crippen molar-refractivity contribution in [1.82, 2.24) is 14.9 Å². The molecule has 0 radical (unpaired) electrons. The zero-order valence-electron chi connectivity index (χ0n) is 17.9. The van der Waals surface area contributed by atoms with Crippen LogP contribution in [0.15, 0.2) is 89.7 Å². The van der Waals surface area contributed by atoms with Crippen molar-refractivity contribution < 1.29 is 0 Å². The summed E-state index contributed by atoms with van der Waals surface area (Å²) in [5.41, 5.74) is 6.79. The summed E-state index contributed by atoms with van der Waals surface area (Å²) in [7, 11) is 0. The SMILES string of the molecule is Cc1ccc(N2C(=S)N[C@H](c3ccccn3)[C@@H]2c2cccn2-c2cccc(Br)c2)cc1C. The first-order chi connectivity index (χ1) is 15.5. The van der Waals surface area contributed by atoms with Gasteiger partial charge in [-0.1, -0.05) is 34.1 Å². The molecular formula is C26H23BrN4S. The van der Waals surface area contributed by atoms with E-state index in [1.54, 1.807) is 0 Å². The first-order valence-electron chi connectivity index (χ1n) is 10.5. The molecule has 5 rings (SSSR count). The molecule has 3 heterocycles. The van der Waals surface area contributed by atoms with Crippen molar-refractivity contribution in [2.75, 3.05) is 4.90 Å². The van der Waals surface area contributed by atoms with Gasteiger partial charge in [0.25, 0.3) is 0 Å². The number of thiocarbonyl (C=S) groups is 1. The Bertz CT molecular complexity index is 1280. The van der Waals surface area contributed by atoms with Gasteiger partial charge in [-0.2, -0.15) is 0 Å². The van der Waals surface area contributed by atoms with Gasteiger partial charge in [-0.15, -0.1) is 0 Å². The van der Waals surface area contributed by atoms with Crippen LogP contribution in [0, 0.1) is 13.8 Å². The number of hydrogen-bond donors (Lipinski definition) is 1. The van der Waals surface area contributed by atoms with Gasteiger partial charge in [0.05, 0.1) is 11.7 Å². The molecule has 2 aromatic carbocycles. The predicted octanol–water partition coefficient (Wildman–Crippen LogP) is 6.43. The van der Waals surface area contributed by atoms with E-state index in [4.69, 9.17) is 12.2 Å². The first-order valence-corrected chi connectivity index (χ1v) is 11.7. The van der Waals surface area contributed by atoms with E-state index in [1.165, 1.54) is 11.1 Å². The highest BCUT2D eigenvalue weighted by molar-refractivity contribution is 9.10. The normalized spacial score (nSPS) is 18.1. The van der Waals surface area contributed by atoms with Crippen LogP contribution in [-0.4, -0.2) is 14.7 Å². The molecule has 4 nitrogen and oxygen atoms in total. The lowest BCUT2D eigenvalue weighted by Gasteiger charge is -2.29. The number of nitrogens with one attached hydrogen (secondary N) is 1. The van der Waals surface area contributed by atoms with Crippen molar-refractivity contribution in [3.63, 3.8) is 0 Å². The van der Waals surface area contributed by atoms with E-state index < -0.39 is 0 Å². The smallest absolute Gasteiger partial charge is 0.174 e. The molecule has 32 heavy (non-hydrogen) atoms. The van der Waals surface area contributed by atoms with Crippen molar-refractivity contribution in [1.29, 1.82) is 0 Å². The molecule has 1 aliphatic heterocycles. The molecule has 160 valence electrons. The maximum absolute atomic E-state index is 5.88. The van der Waals surface area contributed by atoms with E-state index >= 15 is 0 Å². The van der Waals surface area contributed by atoms with Crippen LogP contribution in [0.4, 0.5) is 5.69 Å². The van der Waals surface area contributed by atoms with Crippen LogP contribution in [0.5, 0.6) is 0 Å². The van der Waals surface area contributed by atoms with Crippen molar-refractivity contribution >= 4 is 38.9 Å². The number of benzene rings is 2. The molecule has 1 N–H and O–H groups in total. The zero-order chi connectivity index (χ0) is 22.2. The Kier molecular flexibility index (Phi) is 5.57. The lowest BCUT2D eigenvalue weighted by Crippen LogP contribution is -2.30. The average Bonchev–Trinajstić information content (AvgIpc) is 3.40. The molecule has 1 saturated heterocycles. The molecule has 0 aliphatic carbocycles. The Balaban J connectivity index is 1.68. The lowest BCUT2D eigenvalue weighted by atomic mass is 10.00. The maximum Gasteiger partial charge on any atom is 0.174 e. The first kappa shape index (κ1) is 20.9. The van der Waals surface area contributed by atoms with Gasteiger partial charge in [0, 0.05) is 33.9 Å². The number of rotatable bonds is 4. The third-order valence-electron chi connectivity index (χ3n) is 6.04. The maximum atomic E-state index is 5.88. The predicted molar refractivity (Wildman–Crippen MR) is 137 cm³/mol. The lowest BCUT2D eigenvalue weighted by molar-refractivity contribution is 0.549. The molecule has 0 spiro atoms. The number of pyridine rings is 1. The highest BCUT2D eigenvalue weighted by Crippen LogP contribution is 2.42. The van der Waals surface area contributed by atoms with E-state index in [9.17, 15) is 0 Å². The fourth-order valence-corrected chi connectivity index (χ4v) is 5.04. The van der Waals surface area contributed by atoms with E-state index in [0.29, 0.717) is 5.11 Å². The van der Waals surface area contributed by atoms with Gasteiger partial charge in [0.1, 0.15) is 6.04 Å². The Hall–Kier alpha value is -2.96. The van der Waals surface area contributed by atoms with Gasteiger partial charge in [-0.3, -0.25) is 4.98 Å². The van der Waals surface area contributed by atoms with Gasteiger partial charge < -0.3 is 14.8 Å². The fourth-order valence-electron chi connectivity index (χ4n) is 4.31. The van der Waals surface area contributed by atoms with Crippen LogP contribution < -0.4 is 10.2 Å². The molecule has 4 aromatic rings. The molecule has 1 aliphatic rings. The summed E-state index contributed by atoms with van der Waals surface area (Å²) in [6.45, 7) is 4.27. The summed E-state index contributed by atoms with van der Waals surface area (Å²) in [5, 5.41) is 4.26. The van der Waals surface area contributed by atoms with Gasteiger partial charge in [0.15, 0.2) is 5.11 Å². The quantitative estimate of drug-likeness (QED) is 0.326. The number of nitrogens with zero attached hydrogens (tertiary/aromatic N) is 3. The Morgan fingerprint density at radius 3 is 2.53 bits per heavy atom. The second-order valence-electron chi connectivity index (χ2n) is 8.05. The summed E-state index contributed by atoms with van der Waals surface area (Å²) in [6.07, 6.45) is 3.94. The Morgan fingerprint density at radius 1 is 0.906 bits per heavy atom. The second-order valence-corrected chi connectivity index (χ2v) is 9.35. The average molecular weight is 503 g/mol. The van der Waals surface area contributed by atoms with E-state index in [2.05, 4.69) is 110 Å². The van der Waals surface area contributed by atoms with Gasteiger partial charge >= 0.3 is 0 Å². The molecule has 0 unspecified atom stereocenters. The van der Waals surface area contributed by atoms with Crippen LogP contribution in [0.2, 0.25) is 0 Å². The highest BCUT2D eigenvalue weighted by Gasteiger charge is 2.42. The molecule has 6 heteroatoms. The molecule has 0 bridgehead atoms. The van der Waals surface area contributed by atoms with E-state index in [-0.39, 0.29) is 12.1 Å². The van der Waals surface area contributed by atoms with Gasteiger partial charge in [0.2, 0.25) is 0 Å². The summed E-state index contributed by atoms with van der Waals surface area (Å²) >= 11 is 9.49. The third-order valence-corrected chi connectivity index (χ3v) is 6.84. The molecule has 1 fully saturated rings. The minimum absolute atomic E-state index is 0.0616. The van der Waals surface area contributed by atoms with E-state index in [0.717, 1.165) is 27.2 Å². The van der Waals surface area contributed by atoms with Crippen molar-refractivity contribution in [2.45, 2.75) is 25.9 Å². The van der Waals surface area contributed by atoms with Crippen molar-refractivity contribution in [3.8, 4) is 5.69 Å². The Labute approximate surface area is 202 Å². The zero-order valence-corrected chi connectivity index (χ0v) is 20.3. The highest BCUT2D eigenvalue weighted by atomic mass is 79.9. The number of halogens is 1. The van der Waals surface area contributed by atoms with Crippen LogP contribution in [0.25, 0.3) is 5.69 Å². The standard InChI is InChI=1S/C26H23BrN4S/c1-17-11-12-21(15-18(17)2)31-25(24(29-26(31)32)22-9-3-4-13-28-22)23-10-6-14-30(23)20-8-5-7-19(27)16-20/h3-16,24-25H,1-2H3,(H,29,32)/t24-,25+/m1/s1. The molecule has 0 amide bonds. The summed E-state index contributed by atoms with van der Waals surface area (Å²) < 4.78 is 3.27. The monoisotopic (exact) mass is 502 g/mol. The molecular weight excluding hydrogens is 480 g/mol. The second kappa shape index (κ2) is 8.52. The van der Waals surface area contributed by atoms with Crippen molar-refractivity contribution in [2.24, 2.45) is 0 Å². The minimum Gasteiger partial charge on any atom is -0.351 e. The topological polar surface area (TPSA) is 33.1 Å². The van der Waals surface area contributed by atoms with Crippen LogP contribution in [0.1, 0.15) is 34.6 Å². The van der Waals surface area contributed by atoms with Crippen LogP contribution in [-0.2, 0) is 0 Å². The molecule has 2 atom stereocenters. The Morgan fingerprint density at radius 2 is 1.78 bits per heavy atom. The summed E-state index contributed by atoms with van der Waals surface area (Å²) in [6, 6.07) is 25.0. The molecule has 0 saturated carbocycles. The number of hydrogen-bond acceptors (Lipinski definition) is 2.